The highest BCUT2D eigenvalue weighted by Gasteiger charge is 2.60. The van der Waals surface area contributed by atoms with Crippen molar-refractivity contribution in [3.63, 3.8) is 0 Å². The van der Waals surface area contributed by atoms with Gasteiger partial charge in [0.1, 0.15) is 5.78 Å². The van der Waals surface area contributed by atoms with E-state index < -0.39 is 0 Å². The van der Waals surface area contributed by atoms with Gasteiger partial charge in [-0.15, -0.1) is 0 Å². The fourth-order valence-electron chi connectivity index (χ4n) is 5.04. The molecule has 2 aliphatic carbocycles. The Morgan fingerprint density at radius 2 is 1.67 bits per heavy atom. The number of unbranched alkanes of at least 4 members (excludes halogenated alkanes) is 6. The standard InChI is InChI=1S/C20H36O/c1-3-5-7-9-13-17-18-14-10-12-16-20(18,19(17)21)15-11-8-6-4-2/h17-18H,3-16H2,1-2H3. The number of Topliss-reactive ketones (excluding diaryl/α,β-unsaturated/α-hetero) is 1. The van der Waals surface area contributed by atoms with Gasteiger partial charge in [0.25, 0.3) is 0 Å². The molecule has 0 N–H and O–H groups in total. The van der Waals surface area contributed by atoms with Crippen molar-refractivity contribution in [2.45, 2.75) is 104 Å². The monoisotopic (exact) mass is 292 g/mol. The van der Waals surface area contributed by atoms with Crippen molar-refractivity contribution in [3.05, 3.63) is 0 Å². The predicted octanol–water partition coefficient (Wildman–Crippen LogP) is 6.30. The van der Waals surface area contributed by atoms with Crippen molar-refractivity contribution in [1.82, 2.24) is 0 Å². The molecular formula is C20H36O. The van der Waals surface area contributed by atoms with Crippen LogP contribution >= 0.6 is 0 Å². The lowest BCUT2D eigenvalue weighted by Gasteiger charge is -2.57. The van der Waals surface area contributed by atoms with Crippen molar-refractivity contribution in [2.75, 3.05) is 0 Å². The molecule has 2 rings (SSSR count). The number of carbonyl (C=O) groups excluding carboxylic acids is 1. The Kier molecular flexibility index (Phi) is 6.76. The Bertz CT molecular complexity index is 322. The van der Waals surface area contributed by atoms with Crippen LogP contribution in [0, 0.1) is 17.3 Å². The van der Waals surface area contributed by atoms with Gasteiger partial charge >= 0.3 is 0 Å². The second-order valence-electron chi connectivity index (χ2n) is 7.64. The van der Waals surface area contributed by atoms with Gasteiger partial charge in [-0.3, -0.25) is 4.79 Å². The molecule has 0 radical (unpaired) electrons. The topological polar surface area (TPSA) is 17.1 Å². The lowest BCUT2D eigenvalue weighted by atomic mass is 9.45. The maximum absolute atomic E-state index is 12.8. The van der Waals surface area contributed by atoms with Crippen LogP contribution in [-0.4, -0.2) is 5.78 Å². The van der Waals surface area contributed by atoms with E-state index in [1.807, 2.05) is 0 Å². The van der Waals surface area contributed by atoms with Gasteiger partial charge < -0.3 is 0 Å². The Morgan fingerprint density at radius 1 is 0.952 bits per heavy atom. The minimum Gasteiger partial charge on any atom is -0.299 e. The highest BCUT2D eigenvalue weighted by Crippen LogP contribution is 2.60. The van der Waals surface area contributed by atoms with Gasteiger partial charge in [0.15, 0.2) is 0 Å². The third-order valence-corrected chi connectivity index (χ3v) is 6.26. The first kappa shape index (κ1) is 17.0. The molecule has 0 saturated heterocycles. The number of rotatable bonds is 10. The third kappa shape index (κ3) is 3.71. The van der Waals surface area contributed by atoms with Gasteiger partial charge in [0.05, 0.1) is 0 Å². The van der Waals surface area contributed by atoms with E-state index in [9.17, 15) is 4.79 Å². The minimum absolute atomic E-state index is 0.154. The number of ketones is 1. The van der Waals surface area contributed by atoms with Crippen LogP contribution in [0.2, 0.25) is 0 Å². The summed E-state index contributed by atoms with van der Waals surface area (Å²) in [5.74, 6) is 1.90. The van der Waals surface area contributed by atoms with Crippen LogP contribution in [0.5, 0.6) is 0 Å². The number of carbonyl (C=O) groups is 1. The molecule has 1 heteroatoms. The normalized spacial score (nSPS) is 31.8. The quantitative estimate of drug-likeness (QED) is 0.432. The van der Waals surface area contributed by atoms with E-state index in [1.54, 1.807) is 0 Å². The van der Waals surface area contributed by atoms with Gasteiger partial charge in [0.2, 0.25) is 0 Å². The fraction of sp³-hybridized carbons (Fsp3) is 0.950. The molecule has 21 heavy (non-hydrogen) atoms. The molecule has 2 saturated carbocycles. The molecule has 3 unspecified atom stereocenters. The smallest absolute Gasteiger partial charge is 0.142 e. The summed E-state index contributed by atoms with van der Waals surface area (Å²) >= 11 is 0. The number of hydrogen-bond acceptors (Lipinski definition) is 1. The van der Waals surface area contributed by atoms with Crippen LogP contribution < -0.4 is 0 Å². The van der Waals surface area contributed by atoms with E-state index in [2.05, 4.69) is 13.8 Å². The summed E-state index contributed by atoms with van der Waals surface area (Å²) in [5.41, 5.74) is 0.154. The molecule has 2 aliphatic rings. The lowest BCUT2D eigenvalue weighted by molar-refractivity contribution is -0.165. The summed E-state index contributed by atoms with van der Waals surface area (Å²) in [4.78, 5) is 12.8. The van der Waals surface area contributed by atoms with Gasteiger partial charge in [0, 0.05) is 11.3 Å². The van der Waals surface area contributed by atoms with Crippen LogP contribution in [0.1, 0.15) is 104 Å². The number of fused-ring (bicyclic) bond motifs is 1. The Hall–Kier alpha value is -0.330. The van der Waals surface area contributed by atoms with Gasteiger partial charge in [-0.05, 0) is 31.6 Å². The molecule has 0 aromatic carbocycles. The molecule has 0 spiro atoms. The van der Waals surface area contributed by atoms with Crippen molar-refractivity contribution < 1.29 is 4.79 Å². The van der Waals surface area contributed by atoms with E-state index >= 15 is 0 Å². The third-order valence-electron chi connectivity index (χ3n) is 6.26. The van der Waals surface area contributed by atoms with Crippen molar-refractivity contribution >= 4 is 5.78 Å². The van der Waals surface area contributed by atoms with Gasteiger partial charge in [-0.2, -0.15) is 0 Å². The highest BCUT2D eigenvalue weighted by atomic mass is 16.1. The summed E-state index contributed by atoms with van der Waals surface area (Å²) in [7, 11) is 0. The van der Waals surface area contributed by atoms with E-state index in [0.717, 1.165) is 5.92 Å². The van der Waals surface area contributed by atoms with Crippen LogP contribution in [0.4, 0.5) is 0 Å². The van der Waals surface area contributed by atoms with Gasteiger partial charge in [-0.1, -0.05) is 78.1 Å². The average molecular weight is 293 g/mol. The molecule has 2 fully saturated rings. The summed E-state index contributed by atoms with van der Waals surface area (Å²) < 4.78 is 0. The summed E-state index contributed by atoms with van der Waals surface area (Å²) in [6, 6.07) is 0. The molecule has 0 heterocycles. The maximum atomic E-state index is 12.8. The first-order valence-electron chi connectivity index (χ1n) is 9.80. The zero-order chi connectivity index (χ0) is 15.1. The van der Waals surface area contributed by atoms with E-state index in [1.165, 1.54) is 89.9 Å². The van der Waals surface area contributed by atoms with Gasteiger partial charge in [-0.25, -0.2) is 0 Å². The molecule has 3 atom stereocenters. The predicted molar refractivity (Wildman–Crippen MR) is 90.4 cm³/mol. The molecule has 0 aromatic heterocycles. The summed E-state index contributed by atoms with van der Waals surface area (Å²) in [6.07, 6.45) is 18.2. The number of hydrogen-bond donors (Lipinski definition) is 0. The lowest BCUT2D eigenvalue weighted by Crippen LogP contribution is -2.59. The maximum Gasteiger partial charge on any atom is 0.142 e. The molecule has 0 aliphatic heterocycles. The molecular weight excluding hydrogens is 256 g/mol. The minimum atomic E-state index is 0.154. The Labute approximate surface area is 132 Å². The molecule has 0 aromatic rings. The van der Waals surface area contributed by atoms with Crippen molar-refractivity contribution in [1.29, 1.82) is 0 Å². The Balaban J connectivity index is 1.83. The zero-order valence-corrected chi connectivity index (χ0v) is 14.5. The summed E-state index contributed by atoms with van der Waals surface area (Å²) in [6.45, 7) is 4.53. The second-order valence-corrected chi connectivity index (χ2v) is 7.64. The van der Waals surface area contributed by atoms with Crippen LogP contribution in [0.25, 0.3) is 0 Å². The highest BCUT2D eigenvalue weighted by molar-refractivity contribution is 5.94. The second kappa shape index (κ2) is 8.34. The van der Waals surface area contributed by atoms with E-state index in [0.29, 0.717) is 11.7 Å². The SMILES string of the molecule is CCCCCCC1C(=O)C2(CCCCCC)CCCCC12. The van der Waals surface area contributed by atoms with Crippen LogP contribution in [0.3, 0.4) is 0 Å². The fourth-order valence-corrected chi connectivity index (χ4v) is 5.04. The first-order valence-corrected chi connectivity index (χ1v) is 9.80. The van der Waals surface area contributed by atoms with Crippen molar-refractivity contribution in [2.24, 2.45) is 17.3 Å². The average Bonchev–Trinajstić information content (AvgIpc) is 2.51. The molecule has 1 nitrogen and oxygen atoms in total. The Morgan fingerprint density at radius 3 is 2.38 bits per heavy atom. The zero-order valence-electron chi connectivity index (χ0n) is 14.5. The van der Waals surface area contributed by atoms with Crippen LogP contribution in [0.15, 0.2) is 0 Å². The largest absolute Gasteiger partial charge is 0.299 e. The first-order chi connectivity index (χ1) is 10.3. The van der Waals surface area contributed by atoms with E-state index in [4.69, 9.17) is 0 Å². The van der Waals surface area contributed by atoms with Crippen molar-refractivity contribution in [3.8, 4) is 0 Å². The molecule has 122 valence electrons. The summed E-state index contributed by atoms with van der Waals surface area (Å²) in [5, 5.41) is 0. The molecule has 0 amide bonds. The van der Waals surface area contributed by atoms with Crippen LogP contribution in [-0.2, 0) is 4.79 Å². The van der Waals surface area contributed by atoms with E-state index in [-0.39, 0.29) is 5.41 Å². The molecule has 0 bridgehead atoms.